The average Bonchev–Trinajstić information content (AvgIpc) is 2.85. The number of hydrogen-bond acceptors (Lipinski definition) is 2. The lowest BCUT2D eigenvalue weighted by Crippen LogP contribution is -2.06. The summed E-state index contributed by atoms with van der Waals surface area (Å²) in [7, 11) is 1.69. The van der Waals surface area contributed by atoms with Crippen molar-refractivity contribution in [3.63, 3.8) is 0 Å². The predicted octanol–water partition coefficient (Wildman–Crippen LogP) is 3.44. The van der Waals surface area contributed by atoms with Crippen molar-refractivity contribution in [3.8, 4) is 5.75 Å². The summed E-state index contributed by atoms with van der Waals surface area (Å²) in [5.74, 6) is 0.883. The summed E-state index contributed by atoms with van der Waals surface area (Å²) in [6, 6.07) is 10.3. The number of nitrogens with one attached hydrogen (secondary N) is 1. The maximum atomic E-state index is 5.25. The Kier molecular flexibility index (Phi) is 3.92. The minimum Gasteiger partial charge on any atom is -0.497 e. The van der Waals surface area contributed by atoms with Gasteiger partial charge in [0.2, 0.25) is 0 Å². The van der Waals surface area contributed by atoms with Crippen LogP contribution in [0.1, 0.15) is 18.2 Å². The maximum absolute atomic E-state index is 5.25. The van der Waals surface area contributed by atoms with E-state index in [1.807, 2.05) is 12.1 Å². The van der Waals surface area contributed by atoms with Crippen LogP contribution in [-0.2, 0) is 13.1 Å². The Morgan fingerprint density at radius 3 is 2.83 bits per heavy atom. The zero-order valence-corrected chi connectivity index (χ0v) is 11.2. The number of aryl methyl sites for hydroxylation is 2. The van der Waals surface area contributed by atoms with Crippen LogP contribution in [0.3, 0.4) is 0 Å². The summed E-state index contributed by atoms with van der Waals surface area (Å²) in [5, 5.41) is 3.46. The Bertz CT molecular complexity index is 517. The quantitative estimate of drug-likeness (QED) is 0.872. The second-order valence-electron chi connectivity index (χ2n) is 4.32. The van der Waals surface area contributed by atoms with E-state index >= 15 is 0 Å². The van der Waals surface area contributed by atoms with Crippen molar-refractivity contribution in [3.05, 3.63) is 47.8 Å². The summed E-state index contributed by atoms with van der Waals surface area (Å²) >= 11 is 0. The molecule has 0 saturated carbocycles. The van der Waals surface area contributed by atoms with Gasteiger partial charge in [-0.15, -0.1) is 0 Å². The van der Waals surface area contributed by atoms with Gasteiger partial charge in [-0.05, 0) is 37.6 Å². The van der Waals surface area contributed by atoms with Crippen LogP contribution < -0.4 is 10.1 Å². The summed E-state index contributed by atoms with van der Waals surface area (Å²) in [5.41, 5.74) is 3.64. The molecule has 1 N–H and O–H groups in total. The van der Waals surface area contributed by atoms with Gasteiger partial charge in [0.05, 0.1) is 13.7 Å². The van der Waals surface area contributed by atoms with Crippen LogP contribution in [0.15, 0.2) is 36.5 Å². The van der Waals surface area contributed by atoms with E-state index in [2.05, 4.69) is 48.1 Å². The smallest absolute Gasteiger partial charge is 0.120 e. The number of aromatic nitrogens is 1. The summed E-state index contributed by atoms with van der Waals surface area (Å²) in [6.07, 6.45) is 2.11. The van der Waals surface area contributed by atoms with Gasteiger partial charge in [0, 0.05) is 30.2 Å². The minimum atomic E-state index is 0.828. The zero-order valence-electron chi connectivity index (χ0n) is 11.2. The van der Waals surface area contributed by atoms with Gasteiger partial charge >= 0.3 is 0 Å². The van der Waals surface area contributed by atoms with E-state index in [1.165, 1.54) is 11.3 Å². The Morgan fingerprint density at radius 2 is 2.11 bits per heavy atom. The molecule has 1 aromatic heterocycles. The highest BCUT2D eigenvalue weighted by molar-refractivity contribution is 5.54. The second kappa shape index (κ2) is 5.63. The molecule has 0 fully saturated rings. The van der Waals surface area contributed by atoms with Gasteiger partial charge in [-0.2, -0.15) is 0 Å². The monoisotopic (exact) mass is 244 g/mol. The van der Waals surface area contributed by atoms with E-state index in [0.29, 0.717) is 0 Å². The van der Waals surface area contributed by atoms with Crippen LogP contribution >= 0.6 is 0 Å². The Hall–Kier alpha value is -1.90. The van der Waals surface area contributed by atoms with Crippen molar-refractivity contribution in [2.45, 2.75) is 26.9 Å². The summed E-state index contributed by atoms with van der Waals surface area (Å²) in [6.45, 7) is 6.08. The molecular weight excluding hydrogens is 224 g/mol. The normalized spacial score (nSPS) is 10.4. The van der Waals surface area contributed by atoms with Gasteiger partial charge in [-0.25, -0.2) is 0 Å². The topological polar surface area (TPSA) is 26.2 Å². The first-order chi connectivity index (χ1) is 8.74. The minimum absolute atomic E-state index is 0.828. The van der Waals surface area contributed by atoms with Crippen molar-refractivity contribution in [1.29, 1.82) is 0 Å². The molecule has 2 aromatic rings. The molecule has 2 rings (SSSR count). The molecule has 0 unspecified atom stereocenters. The fourth-order valence-corrected chi connectivity index (χ4v) is 2.02. The number of nitrogens with zero attached hydrogens (tertiary/aromatic N) is 1. The van der Waals surface area contributed by atoms with Gasteiger partial charge in [-0.1, -0.05) is 6.07 Å². The van der Waals surface area contributed by atoms with Crippen LogP contribution in [0.5, 0.6) is 5.75 Å². The number of hydrogen-bond donors (Lipinski definition) is 1. The highest BCUT2D eigenvalue weighted by atomic mass is 16.5. The molecule has 0 amide bonds. The number of anilines is 1. The third-order valence-electron chi connectivity index (χ3n) is 3.17. The highest BCUT2D eigenvalue weighted by Crippen LogP contribution is 2.22. The molecule has 3 nitrogen and oxygen atoms in total. The molecular formula is C15H20N2O. The molecule has 0 aliphatic carbocycles. The Morgan fingerprint density at radius 1 is 1.28 bits per heavy atom. The van der Waals surface area contributed by atoms with E-state index in [9.17, 15) is 0 Å². The highest BCUT2D eigenvalue weighted by Gasteiger charge is 2.02. The third-order valence-corrected chi connectivity index (χ3v) is 3.17. The van der Waals surface area contributed by atoms with Gasteiger partial charge in [-0.3, -0.25) is 0 Å². The lowest BCUT2D eigenvalue weighted by atomic mass is 10.2. The van der Waals surface area contributed by atoms with Crippen LogP contribution in [0.2, 0.25) is 0 Å². The Labute approximate surface area is 108 Å². The predicted molar refractivity (Wildman–Crippen MR) is 75.2 cm³/mol. The van der Waals surface area contributed by atoms with Crippen LogP contribution in [0.25, 0.3) is 0 Å². The molecule has 1 aromatic carbocycles. The van der Waals surface area contributed by atoms with Crippen LogP contribution in [-0.4, -0.2) is 11.7 Å². The van der Waals surface area contributed by atoms with Crippen molar-refractivity contribution < 1.29 is 4.74 Å². The van der Waals surface area contributed by atoms with E-state index in [1.54, 1.807) is 7.11 Å². The van der Waals surface area contributed by atoms with Gasteiger partial charge in [0.1, 0.15) is 5.75 Å². The number of rotatable bonds is 5. The fourth-order valence-electron chi connectivity index (χ4n) is 2.02. The first kappa shape index (κ1) is 12.6. The SMILES string of the molecule is CCn1cccc1CNc1cc(OC)ccc1C. The molecule has 18 heavy (non-hydrogen) atoms. The molecule has 0 atom stereocenters. The molecule has 3 heteroatoms. The third kappa shape index (κ3) is 2.67. The fraction of sp³-hybridized carbons (Fsp3) is 0.333. The lowest BCUT2D eigenvalue weighted by molar-refractivity contribution is 0.415. The standard InChI is InChI=1S/C15H20N2O/c1-4-17-9-5-6-13(17)11-16-15-10-14(18-3)8-7-12(15)2/h5-10,16H,4,11H2,1-3H3. The molecule has 0 aliphatic rings. The number of methoxy groups -OCH3 is 1. The van der Waals surface area contributed by atoms with E-state index in [-0.39, 0.29) is 0 Å². The van der Waals surface area contributed by atoms with Crippen molar-refractivity contribution in [1.82, 2.24) is 4.57 Å². The van der Waals surface area contributed by atoms with Crippen LogP contribution in [0, 0.1) is 6.92 Å². The van der Waals surface area contributed by atoms with E-state index in [4.69, 9.17) is 4.74 Å². The van der Waals surface area contributed by atoms with Gasteiger partial charge in [0.25, 0.3) is 0 Å². The molecule has 0 spiro atoms. The Balaban J connectivity index is 2.10. The number of ether oxygens (including phenoxy) is 1. The van der Waals surface area contributed by atoms with Gasteiger partial charge in [0.15, 0.2) is 0 Å². The number of benzene rings is 1. The largest absolute Gasteiger partial charge is 0.497 e. The first-order valence-corrected chi connectivity index (χ1v) is 6.27. The molecule has 0 saturated heterocycles. The summed E-state index contributed by atoms with van der Waals surface area (Å²) in [4.78, 5) is 0. The molecule has 0 bridgehead atoms. The average molecular weight is 244 g/mol. The summed E-state index contributed by atoms with van der Waals surface area (Å²) < 4.78 is 7.49. The maximum Gasteiger partial charge on any atom is 0.120 e. The van der Waals surface area contributed by atoms with Crippen molar-refractivity contribution in [2.75, 3.05) is 12.4 Å². The lowest BCUT2D eigenvalue weighted by Gasteiger charge is -2.12. The molecule has 96 valence electrons. The van der Waals surface area contributed by atoms with Crippen molar-refractivity contribution in [2.24, 2.45) is 0 Å². The van der Waals surface area contributed by atoms with Crippen molar-refractivity contribution >= 4 is 5.69 Å². The first-order valence-electron chi connectivity index (χ1n) is 6.27. The van der Waals surface area contributed by atoms with E-state index in [0.717, 1.165) is 24.5 Å². The second-order valence-corrected chi connectivity index (χ2v) is 4.32. The molecule has 1 heterocycles. The molecule has 0 aliphatic heterocycles. The van der Waals surface area contributed by atoms with Crippen LogP contribution in [0.4, 0.5) is 5.69 Å². The van der Waals surface area contributed by atoms with Gasteiger partial charge < -0.3 is 14.6 Å². The zero-order chi connectivity index (χ0) is 13.0. The van der Waals surface area contributed by atoms with E-state index < -0.39 is 0 Å². The molecule has 0 radical (unpaired) electrons.